The number of amides is 1. The van der Waals surface area contributed by atoms with E-state index in [-0.39, 0.29) is 10.8 Å². The summed E-state index contributed by atoms with van der Waals surface area (Å²) >= 11 is 0. The van der Waals surface area contributed by atoms with E-state index in [0.717, 1.165) is 28.8 Å². The lowest BCUT2D eigenvalue weighted by molar-refractivity contribution is -0.118. The van der Waals surface area contributed by atoms with Gasteiger partial charge in [0, 0.05) is 24.3 Å². The van der Waals surface area contributed by atoms with Crippen LogP contribution in [0, 0.1) is 0 Å². The Bertz CT molecular complexity index is 1160. The molecule has 0 radical (unpaired) electrons. The van der Waals surface area contributed by atoms with Crippen molar-refractivity contribution in [2.45, 2.75) is 31.1 Å². The van der Waals surface area contributed by atoms with Crippen LogP contribution in [0.1, 0.15) is 25.3 Å². The fourth-order valence-electron chi connectivity index (χ4n) is 3.76. The SMILES string of the molecule is CCCN1C(=O)CCc2cc(NS(=O)(=O)c3ccc(-c4ccccc4)cc3)ccc21. The van der Waals surface area contributed by atoms with Crippen LogP contribution in [-0.4, -0.2) is 20.9 Å². The molecule has 0 atom stereocenters. The lowest BCUT2D eigenvalue weighted by atomic mass is 10.0. The summed E-state index contributed by atoms with van der Waals surface area (Å²) in [7, 11) is -3.70. The molecule has 0 fully saturated rings. The van der Waals surface area contributed by atoms with Gasteiger partial charge in [0.25, 0.3) is 10.0 Å². The molecule has 154 valence electrons. The number of rotatable bonds is 6. The number of aryl methyl sites for hydroxylation is 1. The minimum Gasteiger partial charge on any atom is -0.312 e. The van der Waals surface area contributed by atoms with Crippen LogP contribution in [0.15, 0.2) is 77.7 Å². The van der Waals surface area contributed by atoms with Crippen LogP contribution in [0.2, 0.25) is 0 Å². The third-order valence-electron chi connectivity index (χ3n) is 5.25. The van der Waals surface area contributed by atoms with E-state index in [1.807, 2.05) is 61.5 Å². The van der Waals surface area contributed by atoms with E-state index < -0.39 is 10.0 Å². The Morgan fingerprint density at radius 2 is 1.60 bits per heavy atom. The zero-order chi connectivity index (χ0) is 21.1. The Morgan fingerprint density at radius 1 is 0.900 bits per heavy atom. The van der Waals surface area contributed by atoms with Gasteiger partial charge >= 0.3 is 0 Å². The molecule has 1 N–H and O–H groups in total. The second-order valence-electron chi connectivity index (χ2n) is 7.38. The third-order valence-corrected chi connectivity index (χ3v) is 6.65. The molecule has 0 spiro atoms. The predicted octanol–water partition coefficient (Wildman–Crippen LogP) is 4.84. The number of nitrogens with one attached hydrogen (secondary N) is 1. The first-order valence-corrected chi connectivity index (χ1v) is 11.6. The Labute approximate surface area is 177 Å². The Morgan fingerprint density at radius 3 is 2.30 bits per heavy atom. The molecule has 0 bridgehead atoms. The average Bonchev–Trinajstić information content (AvgIpc) is 2.76. The van der Waals surface area contributed by atoms with E-state index >= 15 is 0 Å². The van der Waals surface area contributed by atoms with Crippen LogP contribution in [0.4, 0.5) is 11.4 Å². The highest BCUT2D eigenvalue weighted by Gasteiger charge is 2.24. The van der Waals surface area contributed by atoms with Crippen LogP contribution in [0.5, 0.6) is 0 Å². The molecule has 3 aromatic carbocycles. The van der Waals surface area contributed by atoms with Gasteiger partial charge in [0.05, 0.1) is 4.90 Å². The van der Waals surface area contributed by atoms with Crippen LogP contribution in [-0.2, 0) is 21.2 Å². The summed E-state index contributed by atoms with van der Waals surface area (Å²) in [5.41, 5.74) is 4.37. The zero-order valence-electron chi connectivity index (χ0n) is 16.8. The van der Waals surface area contributed by atoms with Crippen molar-refractivity contribution in [2.75, 3.05) is 16.2 Å². The summed E-state index contributed by atoms with van der Waals surface area (Å²) in [4.78, 5) is 14.2. The first kappa shape index (κ1) is 20.2. The first-order valence-electron chi connectivity index (χ1n) is 10.1. The van der Waals surface area contributed by atoms with Gasteiger partial charge in [-0.1, -0.05) is 49.4 Å². The quantitative estimate of drug-likeness (QED) is 0.620. The highest BCUT2D eigenvalue weighted by atomic mass is 32.2. The van der Waals surface area contributed by atoms with E-state index in [0.29, 0.717) is 25.1 Å². The van der Waals surface area contributed by atoms with E-state index in [2.05, 4.69) is 4.72 Å². The summed E-state index contributed by atoms with van der Waals surface area (Å²) in [5.74, 6) is 0.121. The molecule has 0 aromatic heterocycles. The fourth-order valence-corrected chi connectivity index (χ4v) is 4.81. The third kappa shape index (κ3) is 4.09. The normalized spacial score (nSPS) is 13.8. The number of hydrogen-bond acceptors (Lipinski definition) is 3. The smallest absolute Gasteiger partial charge is 0.261 e. The molecule has 6 heteroatoms. The van der Waals surface area contributed by atoms with Gasteiger partial charge in [-0.3, -0.25) is 9.52 Å². The summed E-state index contributed by atoms with van der Waals surface area (Å²) in [6.45, 7) is 2.71. The molecule has 1 amide bonds. The maximum absolute atomic E-state index is 12.9. The summed E-state index contributed by atoms with van der Waals surface area (Å²) < 4.78 is 28.4. The second-order valence-corrected chi connectivity index (χ2v) is 9.07. The number of hydrogen-bond donors (Lipinski definition) is 1. The molecule has 0 unspecified atom stereocenters. The van der Waals surface area contributed by atoms with Gasteiger partial charge in [0.2, 0.25) is 5.91 Å². The van der Waals surface area contributed by atoms with E-state index in [9.17, 15) is 13.2 Å². The topological polar surface area (TPSA) is 66.5 Å². The largest absolute Gasteiger partial charge is 0.312 e. The molecule has 5 nitrogen and oxygen atoms in total. The van der Waals surface area contributed by atoms with Crippen LogP contribution < -0.4 is 9.62 Å². The Hall–Kier alpha value is -3.12. The molecule has 0 saturated carbocycles. The average molecular weight is 421 g/mol. The lowest BCUT2D eigenvalue weighted by Gasteiger charge is -2.29. The molecular weight excluding hydrogens is 396 g/mol. The maximum atomic E-state index is 12.9. The molecule has 4 rings (SSSR count). The van der Waals surface area contributed by atoms with Crippen LogP contribution in [0.25, 0.3) is 11.1 Å². The van der Waals surface area contributed by atoms with Gasteiger partial charge in [0.15, 0.2) is 0 Å². The maximum Gasteiger partial charge on any atom is 0.261 e. The summed E-state index contributed by atoms with van der Waals surface area (Å²) in [6.07, 6.45) is 1.94. The molecule has 3 aromatic rings. The van der Waals surface area contributed by atoms with E-state index in [1.54, 1.807) is 23.1 Å². The van der Waals surface area contributed by atoms with Crippen molar-refractivity contribution in [1.29, 1.82) is 0 Å². The van der Waals surface area contributed by atoms with E-state index in [4.69, 9.17) is 0 Å². The van der Waals surface area contributed by atoms with Crippen molar-refractivity contribution in [2.24, 2.45) is 0 Å². The van der Waals surface area contributed by atoms with Crippen molar-refractivity contribution in [3.63, 3.8) is 0 Å². The van der Waals surface area contributed by atoms with Crippen molar-refractivity contribution >= 4 is 27.3 Å². The van der Waals surface area contributed by atoms with Gasteiger partial charge in [-0.2, -0.15) is 0 Å². The Kier molecular flexibility index (Phi) is 5.59. The van der Waals surface area contributed by atoms with Gasteiger partial charge in [-0.15, -0.1) is 0 Å². The summed E-state index contributed by atoms with van der Waals surface area (Å²) in [5, 5.41) is 0. The lowest BCUT2D eigenvalue weighted by Crippen LogP contribution is -2.35. The molecule has 0 saturated heterocycles. The van der Waals surface area contributed by atoms with Gasteiger partial charge < -0.3 is 4.90 Å². The number of nitrogens with zero attached hydrogens (tertiary/aromatic N) is 1. The Balaban J connectivity index is 1.56. The van der Waals surface area contributed by atoms with Crippen molar-refractivity contribution < 1.29 is 13.2 Å². The molecular formula is C24H24N2O3S. The number of benzene rings is 3. The number of carbonyl (C=O) groups is 1. The highest BCUT2D eigenvalue weighted by molar-refractivity contribution is 7.92. The predicted molar refractivity (Wildman–Crippen MR) is 120 cm³/mol. The van der Waals surface area contributed by atoms with Crippen molar-refractivity contribution in [3.05, 3.63) is 78.4 Å². The molecule has 1 heterocycles. The van der Waals surface area contributed by atoms with E-state index in [1.165, 1.54) is 0 Å². The molecule has 0 aliphatic carbocycles. The minimum absolute atomic E-state index is 0.121. The molecule has 30 heavy (non-hydrogen) atoms. The molecule has 1 aliphatic heterocycles. The number of fused-ring (bicyclic) bond motifs is 1. The minimum atomic E-state index is -3.70. The monoisotopic (exact) mass is 420 g/mol. The van der Waals surface area contributed by atoms with Crippen molar-refractivity contribution in [3.8, 4) is 11.1 Å². The summed E-state index contributed by atoms with van der Waals surface area (Å²) in [6, 6.07) is 22.1. The van der Waals surface area contributed by atoms with Gasteiger partial charge in [0.1, 0.15) is 0 Å². The highest BCUT2D eigenvalue weighted by Crippen LogP contribution is 2.31. The fraction of sp³-hybridized carbons (Fsp3) is 0.208. The number of anilines is 2. The van der Waals surface area contributed by atoms with Gasteiger partial charge in [-0.25, -0.2) is 8.42 Å². The second kappa shape index (κ2) is 8.32. The number of carbonyl (C=O) groups excluding carboxylic acids is 1. The van der Waals surface area contributed by atoms with Crippen LogP contribution in [0.3, 0.4) is 0 Å². The van der Waals surface area contributed by atoms with Crippen molar-refractivity contribution in [1.82, 2.24) is 0 Å². The standard InChI is InChI=1S/C24H24N2O3S/c1-2-16-26-23-14-11-21(17-20(23)10-15-24(26)27)25-30(28,29)22-12-8-19(9-13-22)18-6-4-3-5-7-18/h3-9,11-14,17,25H,2,10,15-16H2,1H3. The van der Waals surface area contributed by atoms with Gasteiger partial charge in [-0.05, 0) is 59.9 Å². The zero-order valence-corrected chi connectivity index (χ0v) is 17.7. The first-order chi connectivity index (χ1) is 14.5. The van der Waals surface area contributed by atoms with Crippen LogP contribution >= 0.6 is 0 Å². The molecule has 1 aliphatic rings. The number of sulfonamides is 1.